The molecule has 1 aliphatic carbocycles. The first-order valence-corrected chi connectivity index (χ1v) is 8.32. The van der Waals surface area contributed by atoms with Gasteiger partial charge in [-0.1, -0.05) is 12.2 Å². The molecule has 0 radical (unpaired) electrons. The van der Waals surface area contributed by atoms with Crippen molar-refractivity contribution in [3.63, 3.8) is 0 Å². The minimum atomic E-state index is 0.980. The summed E-state index contributed by atoms with van der Waals surface area (Å²) in [5, 5.41) is 0. The summed E-state index contributed by atoms with van der Waals surface area (Å²) in [6, 6.07) is 0. The van der Waals surface area contributed by atoms with Crippen LogP contribution >= 0.6 is 0 Å². The van der Waals surface area contributed by atoms with E-state index in [-0.39, 0.29) is 0 Å². The maximum absolute atomic E-state index is 2.50. The number of hydrogen-bond donors (Lipinski definition) is 0. The lowest BCUT2D eigenvalue weighted by Gasteiger charge is -2.35. The minimum Gasteiger partial charge on any atom is -0.326 e. The van der Waals surface area contributed by atoms with Crippen LogP contribution in [0.25, 0.3) is 0 Å². The van der Waals surface area contributed by atoms with Crippen LogP contribution in [0.5, 0.6) is 0 Å². The molecular formula is C17H34N2+2. The lowest BCUT2D eigenvalue weighted by Crippen LogP contribution is -2.48. The molecule has 1 heterocycles. The molecule has 2 unspecified atom stereocenters. The zero-order valence-corrected chi connectivity index (χ0v) is 13.6. The molecule has 2 atom stereocenters. The lowest BCUT2D eigenvalue weighted by atomic mass is 9.86. The largest absolute Gasteiger partial charge is 0.326 e. The molecule has 1 fully saturated rings. The Balaban J connectivity index is 1.80. The van der Waals surface area contributed by atoms with Crippen LogP contribution in [0.3, 0.4) is 0 Å². The van der Waals surface area contributed by atoms with Crippen LogP contribution in [0.1, 0.15) is 33.1 Å². The van der Waals surface area contributed by atoms with Crippen molar-refractivity contribution in [3.05, 3.63) is 12.2 Å². The molecule has 2 aliphatic rings. The molecule has 0 amide bonds. The smallest absolute Gasteiger partial charge is 0.0839 e. The molecule has 1 saturated heterocycles. The number of hydrogen-bond acceptors (Lipinski definition) is 0. The third-order valence-corrected chi connectivity index (χ3v) is 5.98. The fraction of sp³-hybridized carbons (Fsp3) is 0.882. The van der Waals surface area contributed by atoms with Gasteiger partial charge in [-0.3, -0.25) is 0 Å². The highest BCUT2D eigenvalue weighted by Crippen LogP contribution is 2.36. The van der Waals surface area contributed by atoms with E-state index in [1.165, 1.54) is 67.5 Å². The molecule has 0 spiro atoms. The van der Waals surface area contributed by atoms with Crippen LogP contribution in [0.2, 0.25) is 0 Å². The highest BCUT2D eigenvalue weighted by molar-refractivity contribution is 4.96. The van der Waals surface area contributed by atoms with Crippen LogP contribution in [0.4, 0.5) is 0 Å². The van der Waals surface area contributed by atoms with E-state index < -0.39 is 0 Å². The minimum absolute atomic E-state index is 0.980. The average molecular weight is 266 g/mol. The van der Waals surface area contributed by atoms with Gasteiger partial charge in [-0.2, -0.15) is 0 Å². The van der Waals surface area contributed by atoms with E-state index in [1.54, 1.807) is 0 Å². The Hall–Kier alpha value is -0.340. The molecular weight excluding hydrogens is 232 g/mol. The molecule has 2 heteroatoms. The fourth-order valence-electron chi connectivity index (χ4n) is 4.14. The van der Waals surface area contributed by atoms with E-state index in [1.807, 2.05) is 0 Å². The lowest BCUT2D eigenvalue weighted by molar-refractivity contribution is -0.922. The highest BCUT2D eigenvalue weighted by Gasteiger charge is 2.42. The molecule has 0 aromatic carbocycles. The van der Waals surface area contributed by atoms with E-state index >= 15 is 0 Å². The van der Waals surface area contributed by atoms with Gasteiger partial charge in [0.2, 0.25) is 0 Å². The van der Waals surface area contributed by atoms with Crippen molar-refractivity contribution in [1.82, 2.24) is 0 Å². The second-order valence-electron chi connectivity index (χ2n) is 7.50. The van der Waals surface area contributed by atoms with E-state index in [0.29, 0.717) is 0 Å². The standard InChI is InChI=1S/C17H34N2/c1-5-18(3,6-2)12-9-13-19(4)14-16-10-7-8-11-17(16)15-19/h7-8,16-17H,5-6,9-15H2,1-4H3/q+2. The summed E-state index contributed by atoms with van der Waals surface area (Å²) in [4.78, 5) is 0. The quantitative estimate of drug-likeness (QED) is 0.512. The van der Waals surface area contributed by atoms with E-state index in [9.17, 15) is 0 Å². The van der Waals surface area contributed by atoms with Gasteiger partial charge in [0.25, 0.3) is 0 Å². The van der Waals surface area contributed by atoms with Crippen molar-refractivity contribution in [2.75, 3.05) is 53.4 Å². The van der Waals surface area contributed by atoms with Gasteiger partial charge in [0.15, 0.2) is 0 Å². The summed E-state index contributed by atoms with van der Waals surface area (Å²) < 4.78 is 2.58. The van der Waals surface area contributed by atoms with Crippen molar-refractivity contribution in [3.8, 4) is 0 Å². The number of allylic oxidation sites excluding steroid dienone is 2. The zero-order chi connectivity index (χ0) is 13.9. The average Bonchev–Trinajstić information content (AvgIpc) is 2.74. The highest BCUT2D eigenvalue weighted by atomic mass is 15.4. The number of rotatable bonds is 6. The summed E-state index contributed by atoms with van der Waals surface area (Å²) in [6.45, 7) is 12.8. The van der Waals surface area contributed by atoms with Gasteiger partial charge in [0.05, 0.1) is 53.4 Å². The first-order chi connectivity index (χ1) is 9.00. The van der Waals surface area contributed by atoms with Gasteiger partial charge in [0, 0.05) is 18.3 Å². The monoisotopic (exact) mass is 266 g/mol. The van der Waals surface area contributed by atoms with Gasteiger partial charge in [-0.05, 0) is 26.7 Å². The molecule has 110 valence electrons. The molecule has 0 saturated carbocycles. The summed E-state index contributed by atoms with van der Waals surface area (Å²) in [7, 11) is 4.91. The van der Waals surface area contributed by atoms with Crippen LogP contribution in [0, 0.1) is 11.8 Å². The first-order valence-electron chi connectivity index (χ1n) is 8.32. The molecule has 0 aromatic heterocycles. The van der Waals surface area contributed by atoms with Gasteiger partial charge < -0.3 is 8.97 Å². The SMILES string of the molecule is CC[N+](C)(CC)CCC[N+]1(C)CC2CC=CCC2C1. The molecule has 0 N–H and O–H groups in total. The third-order valence-electron chi connectivity index (χ3n) is 5.98. The first kappa shape index (κ1) is 15.1. The van der Waals surface area contributed by atoms with Crippen molar-refractivity contribution >= 4 is 0 Å². The van der Waals surface area contributed by atoms with Crippen LogP contribution in [-0.4, -0.2) is 62.3 Å². The topological polar surface area (TPSA) is 0 Å². The third kappa shape index (κ3) is 3.61. The van der Waals surface area contributed by atoms with Gasteiger partial charge in [-0.15, -0.1) is 0 Å². The van der Waals surface area contributed by atoms with Gasteiger partial charge in [0.1, 0.15) is 0 Å². The second kappa shape index (κ2) is 5.97. The van der Waals surface area contributed by atoms with Gasteiger partial charge in [-0.25, -0.2) is 0 Å². The normalized spacial score (nSPS) is 34.5. The Labute approximate surface area is 120 Å². The van der Waals surface area contributed by atoms with Crippen molar-refractivity contribution < 1.29 is 8.97 Å². The van der Waals surface area contributed by atoms with Crippen molar-refractivity contribution in [1.29, 1.82) is 0 Å². The summed E-state index contributed by atoms with van der Waals surface area (Å²) >= 11 is 0. The maximum atomic E-state index is 2.50. The Kier molecular flexibility index (Phi) is 4.73. The van der Waals surface area contributed by atoms with Gasteiger partial charge >= 0.3 is 0 Å². The van der Waals surface area contributed by atoms with E-state index in [4.69, 9.17) is 0 Å². The summed E-state index contributed by atoms with van der Waals surface area (Å²) in [6.07, 6.45) is 8.91. The molecule has 0 bridgehead atoms. The molecule has 1 aliphatic heterocycles. The fourth-order valence-corrected chi connectivity index (χ4v) is 4.14. The number of nitrogens with zero attached hydrogens (tertiary/aromatic N) is 2. The zero-order valence-electron chi connectivity index (χ0n) is 13.6. The Bertz CT molecular complexity index is 301. The number of fused-ring (bicyclic) bond motifs is 1. The predicted octanol–water partition coefficient (Wildman–Crippen LogP) is 2.91. The molecule has 0 aromatic rings. The number of quaternary nitrogens is 2. The predicted molar refractivity (Wildman–Crippen MR) is 82.9 cm³/mol. The van der Waals surface area contributed by atoms with Crippen molar-refractivity contribution in [2.24, 2.45) is 11.8 Å². The maximum Gasteiger partial charge on any atom is 0.0839 e. The van der Waals surface area contributed by atoms with Crippen LogP contribution in [-0.2, 0) is 0 Å². The second-order valence-corrected chi connectivity index (χ2v) is 7.50. The summed E-state index contributed by atoms with van der Waals surface area (Å²) in [5.74, 6) is 1.96. The summed E-state index contributed by atoms with van der Waals surface area (Å²) in [5.41, 5.74) is 0. The molecule has 2 nitrogen and oxygen atoms in total. The Morgan fingerprint density at radius 1 is 1.05 bits per heavy atom. The van der Waals surface area contributed by atoms with E-state index in [0.717, 1.165) is 11.8 Å². The van der Waals surface area contributed by atoms with Crippen LogP contribution in [0.15, 0.2) is 12.2 Å². The van der Waals surface area contributed by atoms with Crippen molar-refractivity contribution in [2.45, 2.75) is 33.1 Å². The van der Waals surface area contributed by atoms with E-state index in [2.05, 4.69) is 40.1 Å². The van der Waals surface area contributed by atoms with Crippen LogP contribution < -0.4 is 0 Å². The number of likely N-dealkylation sites (tertiary alicyclic amines) is 1. The Morgan fingerprint density at radius 3 is 2.05 bits per heavy atom. The molecule has 2 rings (SSSR count). The Morgan fingerprint density at radius 2 is 1.58 bits per heavy atom. The molecule has 19 heavy (non-hydrogen) atoms.